The first-order chi connectivity index (χ1) is 22.7. The summed E-state index contributed by atoms with van der Waals surface area (Å²) in [5.74, 6) is 7.08. The van der Waals surface area contributed by atoms with Crippen molar-refractivity contribution in [2.75, 3.05) is 19.6 Å². The fourth-order valence-electron chi connectivity index (χ4n) is 7.76. The number of aryl methyl sites for hydroxylation is 1. The van der Waals surface area contributed by atoms with E-state index in [0.29, 0.717) is 50.5 Å². The summed E-state index contributed by atoms with van der Waals surface area (Å²) in [7, 11) is 0. The number of rotatable bonds is 10. The smallest absolute Gasteiger partial charge is 0.247 e. The van der Waals surface area contributed by atoms with Crippen LogP contribution in [0.15, 0.2) is 41.7 Å². The lowest BCUT2D eigenvalue weighted by Crippen LogP contribution is -2.58. The molecule has 2 aliphatic carbocycles. The molecule has 6 rings (SSSR count). The average Bonchev–Trinajstić information content (AvgIpc) is 3.67. The largest absolute Gasteiger partial charge is 0.401 e. The van der Waals surface area contributed by atoms with E-state index in [4.69, 9.17) is 11.6 Å². The van der Waals surface area contributed by atoms with Gasteiger partial charge in [0.2, 0.25) is 17.7 Å². The van der Waals surface area contributed by atoms with Crippen LogP contribution in [-0.4, -0.2) is 69.2 Å². The number of benzene rings is 1. The maximum Gasteiger partial charge on any atom is 0.247 e. The second-order valence-corrected chi connectivity index (χ2v) is 15.0. The standard InChI is InChI=1S/C36H51N7O3S/c1-23(25-10-14-28(15-11-25)33-24(2)39-22-47-33)40-34(44)31-9-6-18-42(31)36(46)32(43(38)21-30(37)26-12-13-26)27-16-19-41(20-17-27)35(45)29-7-4-3-5-8-29/h10-11,14-15,21-23,26-27,29,31-32H,3-9,12-13,16-20,37-38H2,1-2H3,(H,40,44)/b30-21-. The number of nitrogens with one attached hydrogen (secondary N) is 1. The molecular weight excluding hydrogens is 611 g/mol. The molecule has 10 nitrogen and oxygen atoms in total. The Kier molecular flexibility index (Phi) is 10.5. The van der Waals surface area contributed by atoms with Gasteiger partial charge in [-0.2, -0.15) is 0 Å². The summed E-state index contributed by atoms with van der Waals surface area (Å²) in [6.45, 7) is 5.75. The molecular formula is C36H51N7O3S. The summed E-state index contributed by atoms with van der Waals surface area (Å²) in [6.07, 6.45) is 12.0. The molecule has 11 heteroatoms. The van der Waals surface area contributed by atoms with Crippen LogP contribution in [-0.2, 0) is 14.4 Å². The maximum atomic E-state index is 14.4. The number of nitrogens with zero attached hydrogens (tertiary/aromatic N) is 4. The summed E-state index contributed by atoms with van der Waals surface area (Å²) in [5, 5.41) is 4.69. The molecule has 4 fully saturated rings. The van der Waals surface area contributed by atoms with Crippen molar-refractivity contribution in [1.29, 1.82) is 0 Å². The number of hydrogen-bond donors (Lipinski definition) is 3. The Morgan fingerprint density at radius 3 is 2.30 bits per heavy atom. The Balaban J connectivity index is 1.13. The maximum absolute atomic E-state index is 14.4. The van der Waals surface area contributed by atoms with Crippen LogP contribution < -0.4 is 16.9 Å². The molecule has 0 bridgehead atoms. The van der Waals surface area contributed by atoms with Crippen molar-refractivity contribution in [3.05, 3.63) is 52.9 Å². The summed E-state index contributed by atoms with van der Waals surface area (Å²) < 4.78 is 0. The van der Waals surface area contributed by atoms with Crippen molar-refractivity contribution in [2.24, 2.45) is 29.3 Å². The minimum Gasteiger partial charge on any atom is -0.401 e. The Labute approximate surface area is 282 Å². The lowest BCUT2D eigenvalue weighted by atomic mass is 9.85. The fourth-order valence-corrected chi connectivity index (χ4v) is 8.57. The number of hydrogen-bond acceptors (Lipinski definition) is 8. The SMILES string of the molecule is Cc1ncsc1-c1ccc(C(C)NC(=O)C2CCCN2C(=O)C(C2CCN(C(=O)C3CCCCC3)CC2)N(N)/C=C(\N)C2CC2)cc1. The third kappa shape index (κ3) is 7.67. The number of hydrazine groups is 1. The Bertz CT molecular complexity index is 1440. The normalized spacial score (nSPS) is 22.6. The highest BCUT2D eigenvalue weighted by Gasteiger charge is 2.43. The van der Waals surface area contributed by atoms with Gasteiger partial charge < -0.3 is 25.9 Å². The molecule has 3 heterocycles. The van der Waals surface area contributed by atoms with Gasteiger partial charge in [-0.25, -0.2) is 10.8 Å². The lowest BCUT2D eigenvalue weighted by Gasteiger charge is -2.41. The first-order valence-corrected chi connectivity index (χ1v) is 18.5. The van der Waals surface area contributed by atoms with Crippen LogP contribution in [0.4, 0.5) is 0 Å². The molecule has 47 heavy (non-hydrogen) atoms. The molecule has 4 aliphatic rings. The zero-order valence-corrected chi connectivity index (χ0v) is 28.7. The molecule has 3 atom stereocenters. The van der Waals surface area contributed by atoms with E-state index in [9.17, 15) is 14.4 Å². The molecule has 2 aromatic rings. The van der Waals surface area contributed by atoms with E-state index in [1.807, 2.05) is 36.4 Å². The molecule has 3 unspecified atom stereocenters. The van der Waals surface area contributed by atoms with Crippen molar-refractivity contribution >= 4 is 29.1 Å². The zero-order valence-electron chi connectivity index (χ0n) is 27.9. The molecule has 2 saturated carbocycles. The van der Waals surface area contributed by atoms with Gasteiger partial charge in [-0.1, -0.05) is 43.5 Å². The number of thiazole rings is 1. The predicted octanol–water partition coefficient (Wildman–Crippen LogP) is 4.86. The van der Waals surface area contributed by atoms with Crippen LogP contribution in [0.1, 0.15) is 94.9 Å². The number of allylic oxidation sites excluding steroid dienone is 1. The van der Waals surface area contributed by atoms with Gasteiger partial charge in [0.1, 0.15) is 12.1 Å². The van der Waals surface area contributed by atoms with E-state index in [2.05, 4.69) is 22.4 Å². The van der Waals surface area contributed by atoms with Crippen LogP contribution in [0.3, 0.4) is 0 Å². The number of carbonyl (C=O) groups is 3. The number of nitrogens with two attached hydrogens (primary N) is 2. The molecule has 254 valence electrons. The van der Waals surface area contributed by atoms with Crippen LogP contribution in [0.25, 0.3) is 10.4 Å². The van der Waals surface area contributed by atoms with Gasteiger partial charge in [-0.05, 0) is 82.3 Å². The number of likely N-dealkylation sites (tertiary alicyclic amines) is 2. The zero-order chi connectivity index (χ0) is 33.1. The van der Waals surface area contributed by atoms with E-state index >= 15 is 0 Å². The third-order valence-electron chi connectivity index (χ3n) is 10.8. The summed E-state index contributed by atoms with van der Waals surface area (Å²) >= 11 is 1.62. The van der Waals surface area contributed by atoms with Gasteiger partial charge >= 0.3 is 0 Å². The minimum atomic E-state index is -0.646. The first-order valence-electron chi connectivity index (χ1n) is 17.6. The number of piperidine rings is 1. The quantitative estimate of drug-likeness (QED) is 0.244. The second-order valence-electron chi connectivity index (χ2n) is 14.1. The van der Waals surface area contributed by atoms with E-state index in [0.717, 1.165) is 66.6 Å². The Hall–Kier alpha value is -3.44. The molecule has 0 spiro atoms. The fraction of sp³-hybridized carbons (Fsp3) is 0.611. The Morgan fingerprint density at radius 2 is 1.66 bits per heavy atom. The molecule has 1 aromatic heterocycles. The third-order valence-corrected chi connectivity index (χ3v) is 11.8. The van der Waals surface area contributed by atoms with Gasteiger partial charge in [0.25, 0.3) is 0 Å². The monoisotopic (exact) mass is 661 g/mol. The van der Waals surface area contributed by atoms with E-state index < -0.39 is 12.1 Å². The molecule has 2 aliphatic heterocycles. The summed E-state index contributed by atoms with van der Waals surface area (Å²) in [6, 6.07) is 6.80. The number of carbonyl (C=O) groups excluding carboxylic acids is 3. The highest BCUT2D eigenvalue weighted by molar-refractivity contribution is 7.13. The highest BCUT2D eigenvalue weighted by atomic mass is 32.1. The van der Waals surface area contributed by atoms with Crippen molar-refractivity contribution in [3.8, 4) is 10.4 Å². The van der Waals surface area contributed by atoms with Crippen LogP contribution >= 0.6 is 11.3 Å². The molecule has 1 aromatic carbocycles. The molecule has 5 N–H and O–H groups in total. The number of aromatic nitrogens is 1. The first kappa shape index (κ1) is 33.5. The van der Waals surface area contributed by atoms with E-state index in [1.165, 1.54) is 11.4 Å². The number of amides is 3. The van der Waals surface area contributed by atoms with Gasteiger partial charge in [0, 0.05) is 43.4 Å². The van der Waals surface area contributed by atoms with Crippen LogP contribution in [0, 0.1) is 24.7 Å². The van der Waals surface area contributed by atoms with E-state index in [1.54, 1.807) is 22.4 Å². The van der Waals surface area contributed by atoms with Gasteiger partial charge in [0.15, 0.2) is 0 Å². The van der Waals surface area contributed by atoms with Crippen molar-refractivity contribution in [1.82, 2.24) is 25.1 Å². The minimum absolute atomic E-state index is 0.0462. The lowest BCUT2D eigenvalue weighted by molar-refractivity contribution is -0.145. The van der Waals surface area contributed by atoms with Crippen molar-refractivity contribution < 1.29 is 14.4 Å². The molecule has 0 radical (unpaired) electrons. The van der Waals surface area contributed by atoms with Crippen molar-refractivity contribution in [2.45, 2.75) is 103 Å². The average molecular weight is 662 g/mol. The Morgan fingerprint density at radius 1 is 0.957 bits per heavy atom. The van der Waals surface area contributed by atoms with Crippen LogP contribution in [0.2, 0.25) is 0 Å². The highest BCUT2D eigenvalue weighted by Crippen LogP contribution is 2.35. The van der Waals surface area contributed by atoms with Gasteiger partial charge in [-0.15, -0.1) is 11.3 Å². The second kappa shape index (κ2) is 14.8. The molecule has 2 saturated heterocycles. The summed E-state index contributed by atoms with van der Waals surface area (Å²) in [4.78, 5) is 50.7. The van der Waals surface area contributed by atoms with Gasteiger partial charge in [0.05, 0.1) is 22.1 Å². The molecule has 3 amide bonds. The van der Waals surface area contributed by atoms with Crippen molar-refractivity contribution in [3.63, 3.8) is 0 Å². The van der Waals surface area contributed by atoms with E-state index in [-0.39, 0.29) is 35.6 Å². The van der Waals surface area contributed by atoms with Gasteiger partial charge in [-0.3, -0.25) is 14.4 Å². The summed E-state index contributed by atoms with van der Waals surface area (Å²) in [5.41, 5.74) is 12.0. The van der Waals surface area contributed by atoms with Crippen LogP contribution in [0.5, 0.6) is 0 Å². The predicted molar refractivity (Wildman–Crippen MR) is 184 cm³/mol. The topological polar surface area (TPSA) is 138 Å².